The third kappa shape index (κ3) is 4.47. The van der Waals surface area contributed by atoms with Crippen molar-refractivity contribution in [2.75, 3.05) is 6.61 Å². The summed E-state index contributed by atoms with van der Waals surface area (Å²) in [5.41, 5.74) is 1.29. The van der Waals surface area contributed by atoms with E-state index in [0.29, 0.717) is 16.3 Å². The van der Waals surface area contributed by atoms with Crippen molar-refractivity contribution in [2.45, 2.75) is 33.7 Å². The molecule has 0 aliphatic heterocycles. The SMILES string of the molecule is CCOC(=O)c1cc2c(=O)n3cccc(C)c3nc2n(C(C)C)c1=NC(=O)c1ccc(Cl)cc1Cl. The number of fused-ring (bicyclic) bond motifs is 2. The lowest BCUT2D eigenvalue weighted by Crippen LogP contribution is -2.33. The fraction of sp³-hybridized carbons (Fsp3) is 0.240. The number of amides is 1. The van der Waals surface area contributed by atoms with Crippen molar-refractivity contribution in [1.82, 2.24) is 14.0 Å². The average molecular weight is 513 g/mol. The Labute approximate surface area is 210 Å². The minimum Gasteiger partial charge on any atom is -0.462 e. The number of esters is 1. The highest BCUT2D eigenvalue weighted by molar-refractivity contribution is 6.36. The number of hydrogen-bond acceptors (Lipinski definition) is 5. The zero-order valence-corrected chi connectivity index (χ0v) is 21.0. The van der Waals surface area contributed by atoms with Gasteiger partial charge in [0.15, 0.2) is 5.49 Å². The van der Waals surface area contributed by atoms with Gasteiger partial charge in [0.05, 0.1) is 22.6 Å². The van der Waals surface area contributed by atoms with E-state index in [1.54, 1.807) is 23.8 Å². The second-order valence-electron chi connectivity index (χ2n) is 8.15. The number of hydrogen-bond donors (Lipinski definition) is 0. The van der Waals surface area contributed by atoms with Gasteiger partial charge in [-0.3, -0.25) is 14.0 Å². The summed E-state index contributed by atoms with van der Waals surface area (Å²) in [7, 11) is 0. The topological polar surface area (TPSA) is 95.0 Å². The first-order valence-corrected chi connectivity index (χ1v) is 11.7. The van der Waals surface area contributed by atoms with E-state index in [9.17, 15) is 14.4 Å². The van der Waals surface area contributed by atoms with Crippen LogP contribution >= 0.6 is 23.2 Å². The fourth-order valence-corrected chi connectivity index (χ4v) is 4.32. The van der Waals surface area contributed by atoms with Gasteiger partial charge in [0.1, 0.15) is 16.9 Å². The van der Waals surface area contributed by atoms with Gasteiger partial charge in [-0.15, -0.1) is 0 Å². The Morgan fingerprint density at radius 3 is 2.51 bits per heavy atom. The van der Waals surface area contributed by atoms with Crippen molar-refractivity contribution < 1.29 is 14.3 Å². The smallest absolute Gasteiger partial charge is 0.341 e. The zero-order valence-electron chi connectivity index (χ0n) is 19.5. The number of halogens is 2. The lowest BCUT2D eigenvalue weighted by molar-refractivity contribution is 0.0523. The molecule has 0 saturated heterocycles. The molecule has 0 fully saturated rings. The molecule has 0 radical (unpaired) electrons. The first kappa shape index (κ1) is 24.6. The van der Waals surface area contributed by atoms with Crippen LogP contribution in [0.2, 0.25) is 10.0 Å². The van der Waals surface area contributed by atoms with E-state index in [1.807, 2.05) is 26.8 Å². The van der Waals surface area contributed by atoms with Gasteiger partial charge in [-0.2, -0.15) is 4.99 Å². The number of carbonyl (C=O) groups excluding carboxylic acids is 2. The summed E-state index contributed by atoms with van der Waals surface area (Å²) in [5, 5.41) is 0.688. The molecule has 180 valence electrons. The number of benzene rings is 1. The van der Waals surface area contributed by atoms with Crippen LogP contribution in [0.4, 0.5) is 0 Å². The molecule has 3 aromatic heterocycles. The van der Waals surface area contributed by atoms with E-state index in [-0.39, 0.29) is 45.2 Å². The van der Waals surface area contributed by atoms with Crippen molar-refractivity contribution in [2.24, 2.45) is 4.99 Å². The Bertz CT molecular complexity index is 1640. The Kier molecular flexibility index (Phi) is 6.78. The van der Waals surface area contributed by atoms with Crippen LogP contribution in [0.15, 0.2) is 52.4 Å². The van der Waals surface area contributed by atoms with Crippen molar-refractivity contribution in [3.05, 3.63) is 85.2 Å². The molecule has 0 saturated carbocycles. The van der Waals surface area contributed by atoms with E-state index >= 15 is 0 Å². The van der Waals surface area contributed by atoms with E-state index < -0.39 is 11.9 Å². The maximum atomic E-state index is 13.4. The molecule has 10 heteroatoms. The second-order valence-corrected chi connectivity index (χ2v) is 8.99. The Hall–Kier alpha value is -3.49. The highest BCUT2D eigenvalue weighted by atomic mass is 35.5. The number of rotatable bonds is 4. The number of pyridine rings is 2. The Balaban J connectivity index is 2.17. The highest BCUT2D eigenvalue weighted by Gasteiger charge is 2.22. The zero-order chi connectivity index (χ0) is 25.4. The number of aryl methyl sites for hydroxylation is 1. The molecular formula is C25H22Cl2N4O4. The quantitative estimate of drug-likeness (QED) is 0.290. The van der Waals surface area contributed by atoms with E-state index in [1.165, 1.54) is 28.7 Å². The third-order valence-corrected chi connectivity index (χ3v) is 5.98. The van der Waals surface area contributed by atoms with Crippen LogP contribution in [0.5, 0.6) is 0 Å². The maximum absolute atomic E-state index is 13.4. The van der Waals surface area contributed by atoms with Gasteiger partial charge in [0.25, 0.3) is 11.5 Å². The molecule has 0 N–H and O–H groups in total. The lowest BCUT2D eigenvalue weighted by Gasteiger charge is -2.18. The normalized spacial score (nSPS) is 12.0. The van der Waals surface area contributed by atoms with Crippen LogP contribution in [0.25, 0.3) is 16.7 Å². The largest absolute Gasteiger partial charge is 0.462 e. The fourth-order valence-electron chi connectivity index (χ4n) is 3.83. The van der Waals surface area contributed by atoms with Crippen LogP contribution in [-0.4, -0.2) is 32.4 Å². The van der Waals surface area contributed by atoms with Crippen molar-refractivity contribution >= 4 is 51.8 Å². The average Bonchev–Trinajstić information content (AvgIpc) is 2.79. The summed E-state index contributed by atoms with van der Waals surface area (Å²) in [6.07, 6.45) is 1.62. The molecule has 0 atom stereocenters. The van der Waals surface area contributed by atoms with Gasteiger partial charge in [-0.05, 0) is 63.6 Å². The summed E-state index contributed by atoms with van der Waals surface area (Å²) in [4.78, 5) is 48.6. The standard InChI is InChI=1S/C25H22Cl2N4O4/c1-5-35-25(34)18-12-17-21(28-20-14(4)7-6-10-30(20)24(17)33)31(13(2)3)22(18)29-23(32)16-9-8-15(26)11-19(16)27/h6-13H,5H2,1-4H3. The van der Waals surface area contributed by atoms with Gasteiger partial charge >= 0.3 is 5.97 Å². The molecule has 1 amide bonds. The molecule has 3 heterocycles. The maximum Gasteiger partial charge on any atom is 0.341 e. The van der Waals surface area contributed by atoms with Gasteiger partial charge in [-0.1, -0.05) is 29.3 Å². The Morgan fingerprint density at radius 1 is 1.11 bits per heavy atom. The molecule has 0 bridgehead atoms. The molecule has 0 unspecified atom stereocenters. The Morgan fingerprint density at radius 2 is 1.86 bits per heavy atom. The first-order chi connectivity index (χ1) is 16.6. The molecule has 4 rings (SSSR count). The molecule has 0 aliphatic rings. The first-order valence-electron chi connectivity index (χ1n) is 10.9. The summed E-state index contributed by atoms with van der Waals surface area (Å²) in [6, 6.07) is 9.07. The minimum atomic E-state index is -0.716. The number of nitrogens with zero attached hydrogens (tertiary/aromatic N) is 4. The lowest BCUT2D eigenvalue weighted by atomic mass is 10.1. The molecular weight excluding hydrogens is 491 g/mol. The number of aromatic nitrogens is 3. The van der Waals surface area contributed by atoms with Crippen LogP contribution in [0.3, 0.4) is 0 Å². The number of carbonyl (C=O) groups is 2. The molecule has 35 heavy (non-hydrogen) atoms. The monoisotopic (exact) mass is 512 g/mol. The van der Waals surface area contributed by atoms with E-state index in [4.69, 9.17) is 32.9 Å². The van der Waals surface area contributed by atoms with Crippen LogP contribution in [0.1, 0.15) is 53.1 Å². The van der Waals surface area contributed by atoms with Crippen molar-refractivity contribution in [1.29, 1.82) is 0 Å². The van der Waals surface area contributed by atoms with Crippen LogP contribution in [-0.2, 0) is 4.74 Å². The van der Waals surface area contributed by atoms with Gasteiger partial charge in [-0.25, -0.2) is 9.78 Å². The summed E-state index contributed by atoms with van der Waals surface area (Å²) in [6.45, 7) is 7.29. The summed E-state index contributed by atoms with van der Waals surface area (Å²) in [5.74, 6) is -1.40. The third-order valence-electron chi connectivity index (χ3n) is 5.43. The van der Waals surface area contributed by atoms with E-state index in [0.717, 1.165) is 5.56 Å². The van der Waals surface area contributed by atoms with Gasteiger partial charge < -0.3 is 9.30 Å². The molecule has 8 nitrogen and oxygen atoms in total. The molecule has 1 aromatic carbocycles. The highest BCUT2D eigenvalue weighted by Crippen LogP contribution is 2.22. The molecule has 4 aromatic rings. The predicted molar refractivity (Wildman–Crippen MR) is 134 cm³/mol. The minimum absolute atomic E-state index is 0.0202. The van der Waals surface area contributed by atoms with Gasteiger partial charge in [0.2, 0.25) is 0 Å². The van der Waals surface area contributed by atoms with Crippen LogP contribution < -0.4 is 11.0 Å². The van der Waals surface area contributed by atoms with E-state index in [2.05, 4.69) is 4.99 Å². The summed E-state index contributed by atoms with van der Waals surface area (Å²) >= 11 is 12.2. The van der Waals surface area contributed by atoms with Gasteiger partial charge in [0, 0.05) is 17.3 Å². The summed E-state index contributed by atoms with van der Waals surface area (Å²) < 4.78 is 8.25. The number of ether oxygens (including phenoxy) is 1. The molecule has 0 aliphatic carbocycles. The predicted octanol–water partition coefficient (Wildman–Crippen LogP) is 4.76. The van der Waals surface area contributed by atoms with Crippen molar-refractivity contribution in [3.8, 4) is 0 Å². The molecule has 0 spiro atoms. The van der Waals surface area contributed by atoms with Crippen molar-refractivity contribution in [3.63, 3.8) is 0 Å². The second kappa shape index (κ2) is 9.64. The van der Waals surface area contributed by atoms with Crippen LogP contribution in [0, 0.1) is 6.92 Å².